The number of amides is 2. The number of esters is 1. The third-order valence-electron chi connectivity index (χ3n) is 3.93. The second kappa shape index (κ2) is 9.61. The van der Waals surface area contributed by atoms with Crippen molar-refractivity contribution in [1.29, 1.82) is 0 Å². The quantitative estimate of drug-likeness (QED) is 0.428. The number of thioether (sulfide) groups is 1. The Kier molecular flexibility index (Phi) is 6.94. The third-order valence-corrected chi connectivity index (χ3v) is 5.93. The van der Waals surface area contributed by atoms with Crippen LogP contribution in [-0.4, -0.2) is 47.7 Å². The van der Waals surface area contributed by atoms with Gasteiger partial charge in [-0.2, -0.15) is 0 Å². The van der Waals surface area contributed by atoms with Crippen molar-refractivity contribution in [3.8, 4) is 5.75 Å². The SMILES string of the molecule is CCOC(=O)C1=C(CSc2nnc(Nc3cccc(OC)c3)s2)NC(=O)NC1C. The van der Waals surface area contributed by atoms with E-state index in [2.05, 4.69) is 26.1 Å². The maximum Gasteiger partial charge on any atom is 0.337 e. The minimum atomic E-state index is -0.444. The van der Waals surface area contributed by atoms with Crippen molar-refractivity contribution in [3.05, 3.63) is 35.5 Å². The van der Waals surface area contributed by atoms with E-state index < -0.39 is 12.0 Å². The highest BCUT2D eigenvalue weighted by atomic mass is 32.2. The molecule has 11 heteroatoms. The summed E-state index contributed by atoms with van der Waals surface area (Å²) in [5.41, 5.74) is 1.77. The van der Waals surface area contributed by atoms with Crippen LogP contribution in [0.3, 0.4) is 0 Å². The Hall–Kier alpha value is -2.79. The molecule has 1 aromatic heterocycles. The predicted molar refractivity (Wildman–Crippen MR) is 112 cm³/mol. The molecule has 9 nitrogen and oxygen atoms in total. The van der Waals surface area contributed by atoms with Crippen LogP contribution in [0.1, 0.15) is 13.8 Å². The summed E-state index contributed by atoms with van der Waals surface area (Å²) in [7, 11) is 1.61. The number of benzene rings is 1. The number of ether oxygens (including phenoxy) is 2. The fourth-order valence-corrected chi connectivity index (χ4v) is 4.41. The lowest BCUT2D eigenvalue weighted by molar-refractivity contribution is -0.138. The number of anilines is 2. The molecule has 154 valence electrons. The van der Waals surface area contributed by atoms with Gasteiger partial charge in [-0.25, -0.2) is 9.59 Å². The lowest BCUT2D eigenvalue weighted by Crippen LogP contribution is -2.49. The monoisotopic (exact) mass is 435 g/mol. The summed E-state index contributed by atoms with van der Waals surface area (Å²) in [6.07, 6.45) is 0. The molecule has 1 aliphatic rings. The van der Waals surface area contributed by atoms with Crippen molar-refractivity contribution < 1.29 is 19.1 Å². The van der Waals surface area contributed by atoms with Crippen LogP contribution in [0.4, 0.5) is 15.6 Å². The zero-order chi connectivity index (χ0) is 20.8. The standard InChI is InChI=1S/C18H21N5O4S2/c1-4-27-15(24)14-10(2)19-16(25)21-13(14)9-28-18-23-22-17(29-18)20-11-6-5-7-12(8-11)26-3/h5-8,10H,4,9H2,1-3H3,(H,20,22)(H2,19,21,25). The number of nitrogens with one attached hydrogen (secondary N) is 3. The van der Waals surface area contributed by atoms with Crippen LogP contribution in [0.5, 0.6) is 5.75 Å². The number of urea groups is 1. The molecule has 2 amide bonds. The van der Waals surface area contributed by atoms with Crippen molar-refractivity contribution in [3.63, 3.8) is 0 Å². The second-order valence-corrected chi connectivity index (χ2v) is 8.15. The zero-order valence-corrected chi connectivity index (χ0v) is 17.8. The van der Waals surface area contributed by atoms with Crippen molar-refractivity contribution in [2.24, 2.45) is 0 Å². The Labute approximate surface area is 176 Å². The number of methoxy groups -OCH3 is 1. The molecule has 1 aliphatic heterocycles. The van der Waals surface area contributed by atoms with Crippen LogP contribution < -0.4 is 20.7 Å². The van der Waals surface area contributed by atoms with Crippen LogP contribution in [0.2, 0.25) is 0 Å². The maximum absolute atomic E-state index is 12.3. The molecule has 0 spiro atoms. The Balaban J connectivity index is 1.69. The van der Waals surface area contributed by atoms with Gasteiger partial charge in [0, 0.05) is 23.2 Å². The summed E-state index contributed by atoms with van der Waals surface area (Å²) in [6.45, 7) is 3.75. The molecule has 2 heterocycles. The molecule has 0 aliphatic carbocycles. The van der Waals surface area contributed by atoms with Crippen molar-refractivity contribution in [2.75, 3.05) is 24.8 Å². The van der Waals surface area contributed by atoms with Crippen LogP contribution >= 0.6 is 23.1 Å². The highest BCUT2D eigenvalue weighted by molar-refractivity contribution is 8.01. The van der Waals surface area contributed by atoms with E-state index in [-0.39, 0.29) is 12.6 Å². The van der Waals surface area contributed by atoms with Gasteiger partial charge in [-0.15, -0.1) is 10.2 Å². The van der Waals surface area contributed by atoms with Gasteiger partial charge in [0.2, 0.25) is 5.13 Å². The number of nitrogens with zero attached hydrogens (tertiary/aromatic N) is 2. The lowest BCUT2D eigenvalue weighted by Gasteiger charge is -2.26. The van der Waals surface area contributed by atoms with E-state index in [9.17, 15) is 9.59 Å². The molecule has 0 saturated carbocycles. The molecule has 1 atom stereocenters. The number of carbonyl (C=O) groups excluding carboxylic acids is 2. The normalized spacial score (nSPS) is 16.1. The summed E-state index contributed by atoms with van der Waals surface area (Å²) in [5.74, 6) is 0.656. The van der Waals surface area contributed by atoms with Gasteiger partial charge < -0.3 is 25.4 Å². The van der Waals surface area contributed by atoms with Gasteiger partial charge in [0.05, 0.1) is 25.3 Å². The Bertz CT molecular complexity index is 930. The fraction of sp³-hybridized carbons (Fsp3) is 0.333. The average Bonchev–Trinajstić information content (AvgIpc) is 3.13. The number of aromatic nitrogens is 2. The highest BCUT2D eigenvalue weighted by Crippen LogP contribution is 2.30. The number of rotatable bonds is 8. The number of hydrogen-bond acceptors (Lipinski definition) is 9. The van der Waals surface area contributed by atoms with Crippen LogP contribution in [0, 0.1) is 0 Å². The van der Waals surface area contributed by atoms with Gasteiger partial charge in [-0.1, -0.05) is 29.2 Å². The van der Waals surface area contributed by atoms with E-state index in [4.69, 9.17) is 9.47 Å². The number of carbonyl (C=O) groups is 2. The third kappa shape index (κ3) is 5.39. The lowest BCUT2D eigenvalue weighted by atomic mass is 10.1. The van der Waals surface area contributed by atoms with Crippen LogP contribution in [0.15, 0.2) is 39.9 Å². The summed E-state index contributed by atoms with van der Waals surface area (Å²) in [4.78, 5) is 24.1. The number of hydrogen-bond donors (Lipinski definition) is 3. The molecule has 3 rings (SSSR count). The van der Waals surface area contributed by atoms with Gasteiger partial charge >= 0.3 is 12.0 Å². The highest BCUT2D eigenvalue weighted by Gasteiger charge is 2.29. The minimum absolute atomic E-state index is 0.263. The molecular formula is C18H21N5O4S2. The summed E-state index contributed by atoms with van der Waals surface area (Å²) >= 11 is 2.75. The first-order valence-electron chi connectivity index (χ1n) is 8.85. The smallest absolute Gasteiger partial charge is 0.337 e. The first kappa shape index (κ1) is 20.9. The average molecular weight is 436 g/mol. The molecule has 0 radical (unpaired) electrons. The minimum Gasteiger partial charge on any atom is -0.497 e. The predicted octanol–water partition coefficient (Wildman–Crippen LogP) is 2.90. The van der Waals surface area contributed by atoms with E-state index in [1.54, 1.807) is 21.0 Å². The molecule has 29 heavy (non-hydrogen) atoms. The van der Waals surface area contributed by atoms with Gasteiger partial charge in [0.1, 0.15) is 5.75 Å². The molecule has 1 unspecified atom stereocenters. The van der Waals surface area contributed by atoms with Gasteiger partial charge in [-0.3, -0.25) is 0 Å². The molecule has 0 fully saturated rings. The first-order chi connectivity index (χ1) is 14.0. The molecular weight excluding hydrogens is 414 g/mol. The van der Waals surface area contributed by atoms with Crippen LogP contribution in [0.25, 0.3) is 0 Å². The van der Waals surface area contributed by atoms with E-state index in [0.717, 1.165) is 11.4 Å². The van der Waals surface area contributed by atoms with Gasteiger partial charge in [0.15, 0.2) is 4.34 Å². The second-order valence-electron chi connectivity index (χ2n) is 5.95. The first-order valence-corrected chi connectivity index (χ1v) is 10.7. The van der Waals surface area contributed by atoms with Gasteiger partial charge in [-0.05, 0) is 26.0 Å². The molecule has 0 bridgehead atoms. The fourth-order valence-electron chi connectivity index (χ4n) is 2.67. The Morgan fingerprint density at radius 1 is 1.38 bits per heavy atom. The van der Waals surface area contributed by atoms with E-state index in [0.29, 0.717) is 26.5 Å². The van der Waals surface area contributed by atoms with E-state index in [1.807, 2.05) is 24.3 Å². The zero-order valence-electron chi connectivity index (χ0n) is 16.1. The van der Waals surface area contributed by atoms with Gasteiger partial charge in [0.25, 0.3) is 0 Å². The molecule has 3 N–H and O–H groups in total. The van der Waals surface area contributed by atoms with Crippen molar-refractivity contribution >= 4 is 45.9 Å². The summed E-state index contributed by atoms with van der Waals surface area (Å²) in [5, 5.41) is 17.5. The molecule has 1 aromatic carbocycles. The Morgan fingerprint density at radius 3 is 2.97 bits per heavy atom. The largest absolute Gasteiger partial charge is 0.497 e. The maximum atomic E-state index is 12.3. The van der Waals surface area contributed by atoms with Crippen molar-refractivity contribution in [2.45, 2.75) is 24.2 Å². The topological polar surface area (TPSA) is 114 Å². The van der Waals surface area contributed by atoms with E-state index >= 15 is 0 Å². The summed E-state index contributed by atoms with van der Waals surface area (Å²) < 4.78 is 11.0. The van der Waals surface area contributed by atoms with E-state index in [1.165, 1.54) is 23.1 Å². The molecule has 0 saturated heterocycles. The van der Waals surface area contributed by atoms with Crippen molar-refractivity contribution in [1.82, 2.24) is 20.8 Å². The van der Waals surface area contributed by atoms with Crippen LogP contribution in [-0.2, 0) is 9.53 Å². The molecule has 2 aromatic rings. The Morgan fingerprint density at radius 2 is 2.21 bits per heavy atom. The summed E-state index contributed by atoms with van der Waals surface area (Å²) in [6, 6.07) is 6.71.